The fourth-order valence-electron chi connectivity index (χ4n) is 1.73. The quantitative estimate of drug-likeness (QED) is 0.810. The zero-order valence-electron chi connectivity index (χ0n) is 9.79. The van der Waals surface area contributed by atoms with Crippen molar-refractivity contribution in [2.24, 2.45) is 0 Å². The van der Waals surface area contributed by atoms with Crippen LogP contribution >= 0.6 is 0 Å². The number of hydrogen-bond donors (Lipinski definition) is 2. The molecule has 3 heteroatoms. The summed E-state index contributed by atoms with van der Waals surface area (Å²) in [4.78, 5) is 14.4. The second-order valence-electron chi connectivity index (χ2n) is 4.38. The van der Waals surface area contributed by atoms with E-state index in [1.165, 1.54) is 0 Å². The van der Waals surface area contributed by atoms with Gasteiger partial charge in [0.1, 0.15) is 0 Å². The number of hydrogen-bond acceptors (Lipinski definition) is 2. The zero-order chi connectivity index (χ0) is 11.7. The van der Waals surface area contributed by atoms with Crippen molar-refractivity contribution in [1.29, 1.82) is 0 Å². The first-order valence-corrected chi connectivity index (χ1v) is 5.46. The van der Waals surface area contributed by atoms with Crippen LogP contribution in [0.3, 0.4) is 0 Å². The first-order chi connectivity index (χ1) is 7.56. The third-order valence-corrected chi connectivity index (χ3v) is 2.49. The standard InChI is InChI=1S/C13H16N2O/c1-8(2)14-11-5-4-10-6-9(3)13(16)15-12(10)7-11/h4-8,14H,1-3H3,(H,15,16). The van der Waals surface area contributed by atoms with Gasteiger partial charge >= 0.3 is 0 Å². The van der Waals surface area contributed by atoms with Gasteiger partial charge in [-0.15, -0.1) is 0 Å². The molecule has 0 saturated heterocycles. The molecule has 2 aromatic rings. The van der Waals surface area contributed by atoms with Gasteiger partial charge in [-0.25, -0.2) is 0 Å². The maximum atomic E-state index is 11.5. The zero-order valence-corrected chi connectivity index (χ0v) is 9.79. The van der Waals surface area contributed by atoms with Gasteiger partial charge in [0, 0.05) is 17.3 Å². The number of H-pyrrole nitrogens is 1. The highest BCUT2D eigenvalue weighted by molar-refractivity contribution is 5.82. The summed E-state index contributed by atoms with van der Waals surface area (Å²) in [6.45, 7) is 5.99. The number of pyridine rings is 1. The molecule has 0 saturated carbocycles. The highest BCUT2D eigenvalue weighted by Gasteiger charge is 2.01. The molecule has 3 nitrogen and oxygen atoms in total. The molecule has 84 valence electrons. The number of aromatic amines is 1. The van der Waals surface area contributed by atoms with E-state index in [0.717, 1.165) is 22.2 Å². The van der Waals surface area contributed by atoms with E-state index >= 15 is 0 Å². The van der Waals surface area contributed by atoms with E-state index in [9.17, 15) is 4.79 Å². The number of aromatic nitrogens is 1. The van der Waals surface area contributed by atoms with Gasteiger partial charge in [0.05, 0.1) is 5.52 Å². The minimum atomic E-state index is -0.0193. The van der Waals surface area contributed by atoms with Gasteiger partial charge in [-0.3, -0.25) is 4.79 Å². The molecule has 2 N–H and O–H groups in total. The lowest BCUT2D eigenvalue weighted by Gasteiger charge is -2.10. The second-order valence-corrected chi connectivity index (χ2v) is 4.38. The van der Waals surface area contributed by atoms with E-state index < -0.39 is 0 Å². The third kappa shape index (κ3) is 2.08. The summed E-state index contributed by atoms with van der Waals surface area (Å²) in [5.41, 5.74) is 2.63. The lowest BCUT2D eigenvalue weighted by Crippen LogP contribution is -2.11. The van der Waals surface area contributed by atoms with Gasteiger partial charge in [-0.1, -0.05) is 6.07 Å². The van der Waals surface area contributed by atoms with E-state index in [-0.39, 0.29) is 5.56 Å². The molecule has 0 aliphatic carbocycles. The molecule has 1 heterocycles. The Morgan fingerprint density at radius 3 is 2.69 bits per heavy atom. The highest BCUT2D eigenvalue weighted by Crippen LogP contribution is 2.17. The van der Waals surface area contributed by atoms with Crippen molar-refractivity contribution >= 4 is 16.6 Å². The first-order valence-electron chi connectivity index (χ1n) is 5.46. The van der Waals surface area contributed by atoms with Crippen LogP contribution in [-0.2, 0) is 0 Å². The highest BCUT2D eigenvalue weighted by atomic mass is 16.1. The largest absolute Gasteiger partial charge is 0.383 e. The molecule has 0 fully saturated rings. The van der Waals surface area contributed by atoms with Crippen LogP contribution in [0.4, 0.5) is 5.69 Å². The Morgan fingerprint density at radius 1 is 1.25 bits per heavy atom. The van der Waals surface area contributed by atoms with Crippen molar-refractivity contribution < 1.29 is 0 Å². The predicted octanol–water partition coefficient (Wildman–Crippen LogP) is 2.66. The number of rotatable bonds is 2. The topological polar surface area (TPSA) is 44.9 Å². The number of nitrogens with one attached hydrogen (secondary N) is 2. The SMILES string of the molecule is Cc1cc2ccc(NC(C)C)cc2[nH]c1=O. The predicted molar refractivity (Wildman–Crippen MR) is 68.1 cm³/mol. The molecule has 1 aromatic carbocycles. The molecule has 0 amide bonds. The first kappa shape index (κ1) is 10.7. The lowest BCUT2D eigenvalue weighted by molar-refractivity contribution is 0.900. The van der Waals surface area contributed by atoms with Crippen molar-refractivity contribution in [2.45, 2.75) is 26.8 Å². The monoisotopic (exact) mass is 216 g/mol. The minimum Gasteiger partial charge on any atom is -0.383 e. The van der Waals surface area contributed by atoms with Crippen LogP contribution in [0.1, 0.15) is 19.4 Å². The average Bonchev–Trinajstić information content (AvgIpc) is 2.19. The lowest BCUT2D eigenvalue weighted by atomic mass is 10.1. The number of fused-ring (bicyclic) bond motifs is 1. The van der Waals surface area contributed by atoms with Gasteiger partial charge in [-0.2, -0.15) is 0 Å². The van der Waals surface area contributed by atoms with Crippen LogP contribution in [-0.4, -0.2) is 11.0 Å². The normalized spacial score (nSPS) is 11.0. The summed E-state index contributed by atoms with van der Waals surface area (Å²) in [6.07, 6.45) is 0. The smallest absolute Gasteiger partial charge is 0.251 e. The summed E-state index contributed by atoms with van der Waals surface area (Å²) < 4.78 is 0. The average molecular weight is 216 g/mol. The molecular weight excluding hydrogens is 200 g/mol. The number of aryl methyl sites for hydroxylation is 1. The fraction of sp³-hybridized carbons (Fsp3) is 0.308. The van der Waals surface area contributed by atoms with Crippen LogP contribution in [0.2, 0.25) is 0 Å². The minimum absolute atomic E-state index is 0.0193. The van der Waals surface area contributed by atoms with E-state index in [4.69, 9.17) is 0 Å². The maximum Gasteiger partial charge on any atom is 0.251 e. The summed E-state index contributed by atoms with van der Waals surface area (Å²) in [5, 5.41) is 4.37. The Bertz CT molecular complexity index is 570. The Labute approximate surface area is 94.5 Å². The second kappa shape index (κ2) is 4.00. The third-order valence-electron chi connectivity index (χ3n) is 2.49. The number of benzene rings is 1. The molecule has 2 rings (SSSR count). The van der Waals surface area contributed by atoms with Crippen molar-refractivity contribution in [3.05, 3.63) is 40.2 Å². The summed E-state index contributed by atoms with van der Waals surface area (Å²) in [7, 11) is 0. The molecule has 0 aliphatic heterocycles. The summed E-state index contributed by atoms with van der Waals surface area (Å²) in [5.74, 6) is 0. The van der Waals surface area contributed by atoms with E-state index in [1.807, 2.05) is 31.2 Å². The Hall–Kier alpha value is -1.77. The van der Waals surface area contributed by atoms with Crippen molar-refractivity contribution in [3.8, 4) is 0 Å². The van der Waals surface area contributed by atoms with Crippen LogP contribution in [0, 0.1) is 6.92 Å². The molecule has 16 heavy (non-hydrogen) atoms. The molecule has 0 bridgehead atoms. The molecule has 0 radical (unpaired) electrons. The van der Waals surface area contributed by atoms with Crippen LogP contribution < -0.4 is 10.9 Å². The van der Waals surface area contributed by atoms with Crippen molar-refractivity contribution in [1.82, 2.24) is 4.98 Å². The van der Waals surface area contributed by atoms with Crippen LogP contribution in [0.15, 0.2) is 29.1 Å². The van der Waals surface area contributed by atoms with Crippen LogP contribution in [0.5, 0.6) is 0 Å². The maximum absolute atomic E-state index is 11.5. The van der Waals surface area contributed by atoms with Crippen LogP contribution in [0.25, 0.3) is 10.9 Å². The summed E-state index contributed by atoms with van der Waals surface area (Å²) >= 11 is 0. The fourth-order valence-corrected chi connectivity index (χ4v) is 1.73. The molecule has 0 atom stereocenters. The molecule has 0 aliphatic rings. The Morgan fingerprint density at radius 2 is 2.00 bits per heavy atom. The molecule has 0 spiro atoms. The summed E-state index contributed by atoms with van der Waals surface area (Å²) in [6, 6.07) is 8.31. The van der Waals surface area contributed by atoms with Crippen molar-refractivity contribution in [3.63, 3.8) is 0 Å². The Kier molecular flexibility index (Phi) is 2.69. The van der Waals surface area contributed by atoms with Gasteiger partial charge in [-0.05, 0) is 44.4 Å². The van der Waals surface area contributed by atoms with Gasteiger partial charge < -0.3 is 10.3 Å². The molecule has 1 aromatic heterocycles. The van der Waals surface area contributed by atoms with E-state index in [2.05, 4.69) is 24.1 Å². The number of anilines is 1. The van der Waals surface area contributed by atoms with Gasteiger partial charge in [0.2, 0.25) is 0 Å². The molecule has 0 unspecified atom stereocenters. The van der Waals surface area contributed by atoms with Gasteiger partial charge in [0.25, 0.3) is 5.56 Å². The van der Waals surface area contributed by atoms with Gasteiger partial charge in [0.15, 0.2) is 0 Å². The van der Waals surface area contributed by atoms with E-state index in [0.29, 0.717) is 6.04 Å². The Balaban J connectivity index is 2.53. The van der Waals surface area contributed by atoms with Crippen molar-refractivity contribution in [2.75, 3.05) is 5.32 Å². The molecular formula is C13H16N2O. The van der Waals surface area contributed by atoms with E-state index in [1.54, 1.807) is 0 Å².